The molecule has 0 aromatic carbocycles. The summed E-state index contributed by atoms with van der Waals surface area (Å²) in [7, 11) is 1.76. The molecule has 0 aliphatic carbocycles. The predicted molar refractivity (Wildman–Crippen MR) is 101 cm³/mol. The van der Waals surface area contributed by atoms with Gasteiger partial charge in [-0.05, 0) is 19.1 Å². The van der Waals surface area contributed by atoms with E-state index in [0.717, 1.165) is 0 Å². The molecule has 1 unspecified atom stereocenters. The minimum atomic E-state index is -0.490. The molecule has 4 aromatic heterocycles. The number of hydrogen-bond acceptors (Lipinski definition) is 8. The van der Waals surface area contributed by atoms with Crippen LogP contribution in [0.4, 0.5) is 11.6 Å². The highest BCUT2D eigenvalue weighted by atomic mass is 16.1. The molecule has 0 aliphatic rings. The summed E-state index contributed by atoms with van der Waals surface area (Å²) in [6, 6.07) is 6.70. The highest BCUT2D eigenvalue weighted by molar-refractivity contribution is 5.62. The van der Waals surface area contributed by atoms with E-state index in [2.05, 4.69) is 25.4 Å². The number of anilines is 2. The Morgan fingerprint density at radius 2 is 2.11 bits per heavy atom. The summed E-state index contributed by atoms with van der Waals surface area (Å²) in [5, 5.41) is 16.8. The molecule has 0 amide bonds. The van der Waals surface area contributed by atoms with E-state index in [1.165, 1.54) is 15.3 Å². The molecular formula is C17H16N10O. The number of nitrogens with two attached hydrogens (primary N) is 1. The first-order chi connectivity index (χ1) is 13.5. The molecule has 0 aliphatic heterocycles. The molecule has 140 valence electrons. The first kappa shape index (κ1) is 17.2. The standard InChI is InChI=1S/C17H16N10O/c1-10(22-15-11(8-18)14(19)20-9-21-15)16-23-12-4-3-6-26(12)17(28)27(16)13-5-7-25(2)24-13/h3-7,9-10H,1-2H3,(H3,19,20,21,22). The predicted octanol–water partition coefficient (Wildman–Crippen LogP) is 0.636. The summed E-state index contributed by atoms with van der Waals surface area (Å²) in [6.45, 7) is 1.81. The fraction of sp³-hybridized carbons (Fsp3) is 0.176. The first-order valence-corrected chi connectivity index (χ1v) is 8.36. The highest BCUT2D eigenvalue weighted by Crippen LogP contribution is 2.22. The van der Waals surface area contributed by atoms with Crippen LogP contribution in [-0.2, 0) is 7.05 Å². The van der Waals surface area contributed by atoms with E-state index >= 15 is 0 Å². The van der Waals surface area contributed by atoms with Crippen LogP contribution in [0.25, 0.3) is 11.5 Å². The monoisotopic (exact) mass is 376 g/mol. The number of hydrogen-bond donors (Lipinski definition) is 2. The van der Waals surface area contributed by atoms with Gasteiger partial charge in [0.25, 0.3) is 0 Å². The molecule has 4 rings (SSSR count). The van der Waals surface area contributed by atoms with Crippen LogP contribution in [-0.4, -0.2) is 33.7 Å². The summed E-state index contributed by atoms with van der Waals surface area (Å²) < 4.78 is 4.46. The van der Waals surface area contributed by atoms with Gasteiger partial charge in [-0.25, -0.2) is 24.3 Å². The van der Waals surface area contributed by atoms with E-state index in [4.69, 9.17) is 5.73 Å². The van der Waals surface area contributed by atoms with Crippen molar-refractivity contribution in [1.82, 2.24) is 33.7 Å². The molecule has 0 bridgehead atoms. The van der Waals surface area contributed by atoms with Gasteiger partial charge in [-0.3, -0.25) is 9.08 Å². The zero-order valence-electron chi connectivity index (χ0n) is 15.1. The molecule has 1 atom stereocenters. The number of aromatic nitrogens is 7. The van der Waals surface area contributed by atoms with Crippen molar-refractivity contribution in [3.63, 3.8) is 0 Å². The van der Waals surface area contributed by atoms with Gasteiger partial charge in [-0.15, -0.1) is 0 Å². The van der Waals surface area contributed by atoms with Gasteiger partial charge in [0.2, 0.25) is 0 Å². The maximum Gasteiger partial charge on any atom is 0.341 e. The summed E-state index contributed by atoms with van der Waals surface area (Å²) in [5.41, 5.74) is 6.08. The molecule has 4 aromatic rings. The third-order valence-electron chi connectivity index (χ3n) is 4.24. The molecule has 11 nitrogen and oxygen atoms in total. The zero-order valence-corrected chi connectivity index (χ0v) is 15.1. The fourth-order valence-corrected chi connectivity index (χ4v) is 2.91. The normalized spacial score (nSPS) is 12.0. The zero-order chi connectivity index (χ0) is 19.8. The average molecular weight is 376 g/mol. The highest BCUT2D eigenvalue weighted by Gasteiger charge is 2.21. The number of nitrogens with zero attached hydrogens (tertiary/aromatic N) is 8. The van der Waals surface area contributed by atoms with Crippen molar-refractivity contribution >= 4 is 17.3 Å². The lowest BCUT2D eigenvalue weighted by Gasteiger charge is -2.19. The van der Waals surface area contributed by atoms with Crippen molar-refractivity contribution in [2.24, 2.45) is 7.05 Å². The topological polar surface area (TPSA) is 145 Å². The Kier molecular flexibility index (Phi) is 4.00. The fourth-order valence-electron chi connectivity index (χ4n) is 2.91. The van der Waals surface area contributed by atoms with E-state index in [1.807, 2.05) is 6.07 Å². The van der Waals surface area contributed by atoms with Crippen LogP contribution >= 0.6 is 0 Å². The van der Waals surface area contributed by atoms with Gasteiger partial charge in [-0.2, -0.15) is 10.4 Å². The van der Waals surface area contributed by atoms with Gasteiger partial charge in [-0.1, -0.05) is 0 Å². The Morgan fingerprint density at radius 1 is 1.29 bits per heavy atom. The summed E-state index contributed by atoms with van der Waals surface area (Å²) >= 11 is 0. The number of nitrogens with one attached hydrogen (secondary N) is 1. The third-order valence-corrected chi connectivity index (χ3v) is 4.24. The maximum atomic E-state index is 13.1. The lowest BCUT2D eigenvalue weighted by Crippen LogP contribution is -2.32. The summed E-state index contributed by atoms with van der Waals surface area (Å²) in [5.74, 6) is 1.18. The molecule has 11 heteroatoms. The quantitative estimate of drug-likeness (QED) is 0.528. The molecule has 4 heterocycles. The van der Waals surface area contributed by atoms with Gasteiger partial charge < -0.3 is 11.1 Å². The molecule has 0 radical (unpaired) electrons. The Bertz CT molecular complexity index is 1280. The second-order valence-electron chi connectivity index (χ2n) is 6.13. The van der Waals surface area contributed by atoms with Crippen LogP contribution in [0.5, 0.6) is 0 Å². The van der Waals surface area contributed by atoms with Crippen molar-refractivity contribution in [2.75, 3.05) is 11.1 Å². The Morgan fingerprint density at radius 3 is 2.82 bits per heavy atom. The first-order valence-electron chi connectivity index (χ1n) is 8.36. The number of rotatable bonds is 4. The van der Waals surface area contributed by atoms with Crippen molar-refractivity contribution in [3.05, 3.63) is 58.8 Å². The number of nitrogen functional groups attached to an aromatic ring is 1. The lowest BCUT2D eigenvalue weighted by molar-refractivity contribution is 0.667. The van der Waals surface area contributed by atoms with Crippen molar-refractivity contribution in [1.29, 1.82) is 5.26 Å². The van der Waals surface area contributed by atoms with Crippen LogP contribution in [0.3, 0.4) is 0 Å². The van der Waals surface area contributed by atoms with Crippen LogP contribution in [0.15, 0.2) is 41.7 Å². The number of fused-ring (bicyclic) bond motifs is 1. The molecule has 0 saturated heterocycles. The largest absolute Gasteiger partial charge is 0.382 e. The minimum absolute atomic E-state index is 0.0734. The van der Waals surface area contributed by atoms with Gasteiger partial charge in [0.05, 0.1) is 6.04 Å². The van der Waals surface area contributed by atoms with Crippen LogP contribution in [0, 0.1) is 11.3 Å². The van der Waals surface area contributed by atoms with Gasteiger partial charge in [0.15, 0.2) is 5.82 Å². The van der Waals surface area contributed by atoms with Gasteiger partial charge in [0, 0.05) is 25.5 Å². The summed E-state index contributed by atoms with van der Waals surface area (Å²) in [4.78, 5) is 25.6. The number of nitriles is 1. The molecule has 0 spiro atoms. The van der Waals surface area contributed by atoms with E-state index in [1.54, 1.807) is 49.2 Å². The Hall–Kier alpha value is -4.20. The second-order valence-corrected chi connectivity index (χ2v) is 6.13. The van der Waals surface area contributed by atoms with E-state index in [0.29, 0.717) is 17.3 Å². The van der Waals surface area contributed by atoms with Crippen LogP contribution in [0.1, 0.15) is 24.4 Å². The van der Waals surface area contributed by atoms with Crippen molar-refractivity contribution < 1.29 is 0 Å². The maximum absolute atomic E-state index is 13.1. The van der Waals surface area contributed by atoms with E-state index < -0.39 is 6.04 Å². The van der Waals surface area contributed by atoms with E-state index in [-0.39, 0.29) is 22.9 Å². The second kappa shape index (κ2) is 6.51. The smallest absolute Gasteiger partial charge is 0.341 e. The number of aryl methyl sites for hydroxylation is 1. The lowest BCUT2D eigenvalue weighted by atomic mass is 10.2. The van der Waals surface area contributed by atoms with E-state index in [9.17, 15) is 10.1 Å². The molecular weight excluding hydrogens is 360 g/mol. The molecule has 28 heavy (non-hydrogen) atoms. The van der Waals surface area contributed by atoms with Gasteiger partial charge in [0.1, 0.15) is 41.1 Å². The average Bonchev–Trinajstić information content (AvgIpc) is 3.30. The molecule has 0 saturated carbocycles. The van der Waals surface area contributed by atoms with Crippen LogP contribution < -0.4 is 16.7 Å². The minimum Gasteiger partial charge on any atom is -0.382 e. The SMILES string of the molecule is CC(Nc1ncnc(N)c1C#N)c1nc2cccn2c(=O)n1-c1ccn(C)n1. The summed E-state index contributed by atoms with van der Waals surface area (Å²) in [6.07, 6.45) is 4.65. The third kappa shape index (κ3) is 2.73. The van der Waals surface area contributed by atoms with Crippen molar-refractivity contribution in [3.8, 4) is 11.9 Å². The molecule has 3 N–H and O–H groups in total. The van der Waals surface area contributed by atoms with Crippen molar-refractivity contribution in [2.45, 2.75) is 13.0 Å². The molecule has 0 fully saturated rings. The Labute approximate surface area is 158 Å². The Balaban J connectivity index is 1.87. The van der Waals surface area contributed by atoms with Gasteiger partial charge >= 0.3 is 5.69 Å². The van der Waals surface area contributed by atoms with Crippen LogP contribution in [0.2, 0.25) is 0 Å².